The number of nitrogens with zero attached hydrogens (tertiary/aromatic N) is 1. The number of benzene rings is 1. The maximum atomic E-state index is 13.0. The molecule has 3 atom stereocenters. The van der Waals surface area contributed by atoms with Crippen LogP contribution < -0.4 is 10.1 Å². The third-order valence-corrected chi connectivity index (χ3v) is 4.86. The van der Waals surface area contributed by atoms with Crippen LogP contribution in [0.25, 0.3) is 0 Å². The van der Waals surface area contributed by atoms with E-state index in [1.54, 1.807) is 7.11 Å². The average molecular weight is 318 g/mol. The minimum atomic E-state index is -0.282. The zero-order chi connectivity index (χ0) is 16.2. The van der Waals surface area contributed by atoms with Crippen LogP contribution in [0.1, 0.15) is 37.8 Å². The minimum Gasteiger partial charge on any atom is -0.496 e. The van der Waals surface area contributed by atoms with Crippen molar-refractivity contribution in [3.63, 3.8) is 0 Å². The molecule has 1 N–H and O–H groups in total. The Balaban J connectivity index is 1.80. The van der Waals surface area contributed by atoms with Gasteiger partial charge in [0.1, 0.15) is 11.9 Å². The molecule has 0 aliphatic carbocycles. The van der Waals surface area contributed by atoms with Crippen molar-refractivity contribution in [2.24, 2.45) is 0 Å². The average Bonchev–Trinajstić information content (AvgIpc) is 3.10. The molecule has 2 heterocycles. The van der Waals surface area contributed by atoms with E-state index in [0.29, 0.717) is 6.54 Å². The van der Waals surface area contributed by atoms with Crippen LogP contribution >= 0.6 is 0 Å². The summed E-state index contributed by atoms with van der Waals surface area (Å²) in [6.45, 7) is 4.38. The molecule has 3 unspecified atom stereocenters. The monoisotopic (exact) mass is 318 g/mol. The van der Waals surface area contributed by atoms with E-state index < -0.39 is 0 Å². The summed E-state index contributed by atoms with van der Waals surface area (Å²) in [7, 11) is 1.67. The molecule has 0 spiro atoms. The fraction of sp³-hybridized carbons (Fsp3) is 0.611. The van der Waals surface area contributed by atoms with Gasteiger partial charge in [-0.1, -0.05) is 25.1 Å². The zero-order valence-corrected chi connectivity index (χ0v) is 14.0. The lowest BCUT2D eigenvalue weighted by Gasteiger charge is -2.38. The largest absolute Gasteiger partial charge is 0.496 e. The number of methoxy groups -OCH3 is 1. The van der Waals surface area contributed by atoms with Gasteiger partial charge >= 0.3 is 0 Å². The van der Waals surface area contributed by atoms with Crippen LogP contribution in [0.3, 0.4) is 0 Å². The summed E-state index contributed by atoms with van der Waals surface area (Å²) in [5.41, 5.74) is 1.06. The van der Waals surface area contributed by atoms with Gasteiger partial charge in [-0.2, -0.15) is 0 Å². The summed E-state index contributed by atoms with van der Waals surface area (Å²) in [4.78, 5) is 14.9. The van der Waals surface area contributed by atoms with Crippen LogP contribution in [0.4, 0.5) is 0 Å². The number of hydrogen-bond acceptors (Lipinski definition) is 4. The Morgan fingerprint density at radius 2 is 2.22 bits per heavy atom. The van der Waals surface area contributed by atoms with E-state index >= 15 is 0 Å². The number of hydrogen-bond donors (Lipinski definition) is 1. The number of rotatable bonds is 4. The third-order valence-electron chi connectivity index (χ3n) is 4.86. The van der Waals surface area contributed by atoms with E-state index in [1.165, 1.54) is 0 Å². The maximum absolute atomic E-state index is 13.0. The van der Waals surface area contributed by atoms with Crippen molar-refractivity contribution in [1.29, 1.82) is 0 Å². The lowest BCUT2D eigenvalue weighted by Crippen LogP contribution is -2.51. The van der Waals surface area contributed by atoms with Crippen molar-refractivity contribution in [3.8, 4) is 5.75 Å². The Hall–Kier alpha value is -1.59. The van der Waals surface area contributed by atoms with Gasteiger partial charge in [-0.25, -0.2) is 0 Å². The normalized spacial score (nSPS) is 27.9. The lowest BCUT2D eigenvalue weighted by atomic mass is 10.0. The van der Waals surface area contributed by atoms with Crippen molar-refractivity contribution in [2.75, 3.05) is 26.7 Å². The van der Waals surface area contributed by atoms with Crippen molar-refractivity contribution >= 4 is 5.91 Å². The molecule has 1 aromatic rings. The SMILES string of the molecule is CCC1CCC(C(=O)N2CCNCC2c2ccccc2OC)O1. The van der Waals surface area contributed by atoms with E-state index in [-0.39, 0.29) is 24.2 Å². The topological polar surface area (TPSA) is 50.8 Å². The summed E-state index contributed by atoms with van der Waals surface area (Å²) in [6.07, 6.45) is 2.74. The number of carbonyl (C=O) groups excluding carboxylic acids is 1. The molecule has 2 saturated heterocycles. The third kappa shape index (κ3) is 3.35. The number of carbonyl (C=O) groups is 1. The highest BCUT2D eigenvalue weighted by Gasteiger charge is 2.37. The van der Waals surface area contributed by atoms with Crippen molar-refractivity contribution in [2.45, 2.75) is 44.4 Å². The van der Waals surface area contributed by atoms with Gasteiger partial charge in [0.05, 0.1) is 19.3 Å². The first-order valence-corrected chi connectivity index (χ1v) is 8.54. The van der Waals surface area contributed by atoms with Crippen LogP contribution in [-0.2, 0) is 9.53 Å². The Morgan fingerprint density at radius 3 is 2.96 bits per heavy atom. The number of nitrogens with one attached hydrogen (secondary N) is 1. The molecule has 5 nitrogen and oxygen atoms in total. The smallest absolute Gasteiger partial charge is 0.252 e. The second kappa shape index (κ2) is 7.32. The Bertz CT molecular complexity index is 549. The highest BCUT2D eigenvalue weighted by Crippen LogP contribution is 2.32. The van der Waals surface area contributed by atoms with E-state index in [0.717, 1.165) is 43.7 Å². The lowest BCUT2D eigenvalue weighted by molar-refractivity contribution is -0.146. The molecule has 0 saturated carbocycles. The van der Waals surface area contributed by atoms with Crippen molar-refractivity contribution < 1.29 is 14.3 Å². The van der Waals surface area contributed by atoms with E-state index in [1.807, 2.05) is 29.2 Å². The number of piperazine rings is 1. The van der Waals surface area contributed by atoms with Crippen LogP contribution in [0.15, 0.2) is 24.3 Å². The fourth-order valence-corrected chi connectivity index (χ4v) is 3.56. The van der Waals surface area contributed by atoms with Crippen LogP contribution in [0.5, 0.6) is 5.75 Å². The molecule has 5 heteroatoms. The van der Waals surface area contributed by atoms with Gasteiger partial charge in [0.25, 0.3) is 5.91 Å². The van der Waals surface area contributed by atoms with Gasteiger partial charge in [0.2, 0.25) is 0 Å². The molecule has 1 amide bonds. The van der Waals surface area contributed by atoms with Gasteiger partial charge in [-0.05, 0) is 25.3 Å². The van der Waals surface area contributed by atoms with Gasteiger partial charge in [-0.15, -0.1) is 0 Å². The van der Waals surface area contributed by atoms with Gasteiger partial charge in [0.15, 0.2) is 0 Å². The fourth-order valence-electron chi connectivity index (χ4n) is 3.56. The molecule has 0 bridgehead atoms. The highest BCUT2D eigenvalue weighted by atomic mass is 16.5. The van der Waals surface area contributed by atoms with Crippen molar-refractivity contribution in [1.82, 2.24) is 10.2 Å². The standard InChI is InChI=1S/C18H26N2O3/c1-3-13-8-9-17(23-13)18(21)20-11-10-19-12-15(20)14-6-4-5-7-16(14)22-2/h4-7,13,15,17,19H,3,8-12H2,1-2H3. The molecule has 0 radical (unpaired) electrons. The van der Waals surface area contributed by atoms with Gasteiger partial charge < -0.3 is 19.7 Å². The molecular formula is C18H26N2O3. The van der Waals surface area contributed by atoms with Crippen LogP contribution in [-0.4, -0.2) is 49.8 Å². The van der Waals surface area contributed by atoms with E-state index in [9.17, 15) is 4.79 Å². The molecule has 0 aromatic heterocycles. The first kappa shape index (κ1) is 16.3. The maximum Gasteiger partial charge on any atom is 0.252 e. The Morgan fingerprint density at radius 1 is 1.39 bits per heavy atom. The first-order chi connectivity index (χ1) is 11.2. The molecule has 3 rings (SSSR count). The number of ether oxygens (including phenoxy) is 2. The summed E-state index contributed by atoms with van der Waals surface area (Å²) < 4.78 is 11.4. The summed E-state index contributed by atoms with van der Waals surface area (Å²) in [5, 5.41) is 3.39. The van der Waals surface area contributed by atoms with Gasteiger partial charge in [0, 0.05) is 25.2 Å². The number of amides is 1. The Kier molecular flexibility index (Phi) is 5.18. The predicted molar refractivity (Wildman–Crippen MR) is 88.5 cm³/mol. The number of para-hydroxylation sites is 1. The minimum absolute atomic E-state index is 0.00308. The zero-order valence-electron chi connectivity index (χ0n) is 14.0. The molecule has 126 valence electrons. The van der Waals surface area contributed by atoms with Crippen LogP contribution in [0, 0.1) is 0 Å². The highest BCUT2D eigenvalue weighted by molar-refractivity contribution is 5.82. The van der Waals surface area contributed by atoms with Gasteiger partial charge in [-0.3, -0.25) is 4.79 Å². The molecule has 2 aliphatic heterocycles. The second-order valence-electron chi connectivity index (χ2n) is 6.23. The van der Waals surface area contributed by atoms with Crippen LogP contribution in [0.2, 0.25) is 0 Å². The van der Waals surface area contributed by atoms with Crippen molar-refractivity contribution in [3.05, 3.63) is 29.8 Å². The summed E-state index contributed by atoms with van der Waals surface area (Å²) in [6, 6.07) is 7.94. The molecule has 23 heavy (non-hydrogen) atoms. The first-order valence-electron chi connectivity index (χ1n) is 8.54. The molecule has 1 aromatic carbocycles. The van der Waals surface area contributed by atoms with E-state index in [4.69, 9.17) is 9.47 Å². The Labute approximate surface area is 137 Å². The summed E-state index contributed by atoms with van der Waals surface area (Å²) in [5.74, 6) is 0.955. The predicted octanol–water partition coefficient (Wildman–Crippen LogP) is 2.13. The summed E-state index contributed by atoms with van der Waals surface area (Å²) >= 11 is 0. The second-order valence-corrected chi connectivity index (χ2v) is 6.23. The van der Waals surface area contributed by atoms with E-state index in [2.05, 4.69) is 12.2 Å². The molecular weight excluding hydrogens is 292 g/mol. The molecule has 2 aliphatic rings. The quantitative estimate of drug-likeness (QED) is 0.924. The molecule has 2 fully saturated rings.